The van der Waals surface area contributed by atoms with E-state index in [0.717, 1.165) is 34.1 Å². The summed E-state index contributed by atoms with van der Waals surface area (Å²) in [4.78, 5) is 4.79. The molecule has 0 bridgehead atoms. The predicted molar refractivity (Wildman–Crippen MR) is 266 cm³/mol. The third-order valence-electron chi connectivity index (χ3n) is 13.0. The van der Waals surface area contributed by atoms with Gasteiger partial charge in [0.15, 0.2) is 0 Å². The van der Waals surface area contributed by atoms with Gasteiger partial charge in [0.25, 0.3) is 0 Å². The highest BCUT2D eigenvalue weighted by molar-refractivity contribution is 6.20. The maximum Gasteiger partial charge on any atom is 0.0720 e. The molecule has 0 N–H and O–H groups in total. The Kier molecular flexibility index (Phi) is 8.76. The highest BCUT2D eigenvalue weighted by atomic mass is 15.1. The smallest absolute Gasteiger partial charge is 0.0720 e. The second-order valence-corrected chi connectivity index (χ2v) is 16.4. The molecule has 296 valence electrons. The lowest BCUT2D eigenvalue weighted by Crippen LogP contribution is -2.29. The summed E-state index contributed by atoms with van der Waals surface area (Å²) in [7, 11) is 0. The van der Waals surface area contributed by atoms with Gasteiger partial charge in [-0.05, 0) is 138 Å². The summed E-state index contributed by atoms with van der Waals surface area (Å²) < 4.78 is 0. The molecule has 0 saturated heterocycles. The van der Waals surface area contributed by atoms with Crippen LogP contribution < -0.4 is 9.80 Å². The number of para-hydroxylation sites is 3. The molecule has 0 fully saturated rings. The third kappa shape index (κ3) is 5.87. The highest BCUT2D eigenvalue weighted by Gasteiger charge is 2.48. The molecular weight excluding hydrogens is 761 g/mol. The second-order valence-electron chi connectivity index (χ2n) is 16.4. The van der Waals surface area contributed by atoms with Crippen molar-refractivity contribution in [1.29, 1.82) is 0 Å². The van der Waals surface area contributed by atoms with Crippen molar-refractivity contribution in [3.05, 3.63) is 277 Å². The first-order chi connectivity index (χ1) is 31.3. The zero-order chi connectivity index (χ0) is 41.7. The zero-order valence-electron chi connectivity index (χ0n) is 34.6. The number of hydrogen-bond acceptors (Lipinski definition) is 2. The summed E-state index contributed by atoms with van der Waals surface area (Å²) in [5, 5.41) is 7.40. The average molecular weight is 803 g/mol. The molecule has 0 saturated carbocycles. The molecule has 0 aromatic heterocycles. The lowest BCUT2D eigenvalue weighted by atomic mass is 9.66. The minimum absolute atomic E-state index is 0.655. The largest absolute Gasteiger partial charge is 0.310 e. The van der Waals surface area contributed by atoms with E-state index in [9.17, 15) is 0 Å². The summed E-state index contributed by atoms with van der Waals surface area (Å²) in [5.41, 5.74) is 13.6. The number of hydrogen-bond donors (Lipinski definition) is 0. The Labute approximate surface area is 368 Å². The second kappa shape index (κ2) is 15.1. The van der Waals surface area contributed by atoms with Crippen molar-refractivity contribution >= 4 is 66.4 Å². The van der Waals surface area contributed by atoms with E-state index < -0.39 is 5.41 Å². The molecule has 11 aromatic carbocycles. The van der Waals surface area contributed by atoms with Gasteiger partial charge in [0, 0.05) is 34.1 Å². The Hall–Kier alpha value is -8.20. The average Bonchev–Trinajstić information content (AvgIpc) is 3.67. The van der Waals surface area contributed by atoms with Crippen LogP contribution in [-0.2, 0) is 5.41 Å². The van der Waals surface area contributed by atoms with Crippen LogP contribution in [0.1, 0.15) is 22.3 Å². The quantitative estimate of drug-likeness (QED) is 0.141. The van der Waals surface area contributed by atoms with Crippen LogP contribution >= 0.6 is 0 Å². The molecule has 1 aliphatic carbocycles. The van der Waals surface area contributed by atoms with Gasteiger partial charge in [-0.15, -0.1) is 0 Å². The van der Waals surface area contributed by atoms with Gasteiger partial charge in [-0.2, -0.15) is 0 Å². The van der Waals surface area contributed by atoms with Gasteiger partial charge in [-0.3, -0.25) is 0 Å². The molecular formula is C61H42N2. The molecule has 11 aromatic rings. The van der Waals surface area contributed by atoms with Crippen molar-refractivity contribution in [2.24, 2.45) is 0 Å². The molecule has 0 spiro atoms. The topological polar surface area (TPSA) is 6.48 Å². The first-order valence-corrected chi connectivity index (χ1v) is 21.8. The molecule has 0 heterocycles. The number of rotatable bonds is 8. The Morgan fingerprint density at radius 3 is 1.32 bits per heavy atom. The zero-order valence-corrected chi connectivity index (χ0v) is 34.6. The van der Waals surface area contributed by atoms with E-state index in [-0.39, 0.29) is 0 Å². The fourth-order valence-corrected chi connectivity index (χ4v) is 10.4. The van der Waals surface area contributed by atoms with E-state index in [1.54, 1.807) is 0 Å². The molecule has 2 nitrogen and oxygen atoms in total. The Balaban J connectivity index is 1.18. The Morgan fingerprint density at radius 2 is 0.714 bits per heavy atom. The van der Waals surface area contributed by atoms with Crippen molar-refractivity contribution in [2.75, 3.05) is 9.80 Å². The summed E-state index contributed by atoms with van der Waals surface area (Å²) in [6.45, 7) is 0. The standard InChI is InChI=1S/C61H42N2/c1-6-22-45(23-7-1)61(46-24-8-2-9-25-46)58-42-52(63(49-30-14-5-15-31-49)50-35-34-43-20-16-17-21-44(43)40-50)37-39-56(58)59-54-33-19-18-32-53(54)57-41-51(36-38-55(57)60(59)61)62(47-26-10-3-11-27-47)48-28-12-4-13-29-48/h1-42H. The minimum atomic E-state index is -0.655. The van der Waals surface area contributed by atoms with Crippen LogP contribution in [0.25, 0.3) is 43.4 Å². The van der Waals surface area contributed by atoms with Gasteiger partial charge in [0.1, 0.15) is 0 Å². The molecule has 0 atom stereocenters. The fraction of sp³-hybridized carbons (Fsp3) is 0.0164. The van der Waals surface area contributed by atoms with E-state index in [4.69, 9.17) is 0 Å². The van der Waals surface area contributed by atoms with Crippen molar-refractivity contribution in [1.82, 2.24) is 0 Å². The van der Waals surface area contributed by atoms with Crippen LogP contribution in [0.3, 0.4) is 0 Å². The van der Waals surface area contributed by atoms with Crippen LogP contribution in [0.4, 0.5) is 34.1 Å². The molecule has 2 heteroatoms. The highest BCUT2D eigenvalue weighted by Crippen LogP contribution is 2.61. The summed E-state index contributed by atoms with van der Waals surface area (Å²) in [6, 6.07) is 93.4. The SMILES string of the molecule is c1ccc(N(c2ccc3c(c2)C(c2ccccc2)(c2ccccc2)c2c-3c3ccccc3c3cc(N(c4ccccc4)c4ccccc4)ccc23)c2ccc3ccccc3c2)cc1. The van der Waals surface area contributed by atoms with Crippen molar-refractivity contribution in [3.8, 4) is 11.1 Å². The van der Waals surface area contributed by atoms with Crippen LogP contribution in [-0.4, -0.2) is 0 Å². The Bertz CT molecular complexity index is 3360. The maximum absolute atomic E-state index is 2.49. The van der Waals surface area contributed by atoms with Crippen LogP contribution in [0.5, 0.6) is 0 Å². The van der Waals surface area contributed by atoms with Crippen molar-refractivity contribution < 1.29 is 0 Å². The number of benzene rings is 11. The lowest BCUT2D eigenvalue weighted by molar-refractivity contribution is 0.776. The Morgan fingerprint density at radius 1 is 0.270 bits per heavy atom. The number of nitrogens with zero attached hydrogens (tertiary/aromatic N) is 2. The van der Waals surface area contributed by atoms with E-state index in [2.05, 4.69) is 265 Å². The molecule has 0 amide bonds. The van der Waals surface area contributed by atoms with E-state index in [0.29, 0.717) is 0 Å². The van der Waals surface area contributed by atoms with Crippen LogP contribution in [0, 0.1) is 0 Å². The molecule has 1 aliphatic rings. The van der Waals surface area contributed by atoms with Gasteiger partial charge < -0.3 is 9.80 Å². The minimum Gasteiger partial charge on any atom is -0.310 e. The van der Waals surface area contributed by atoms with Crippen LogP contribution in [0.2, 0.25) is 0 Å². The monoisotopic (exact) mass is 802 g/mol. The van der Waals surface area contributed by atoms with Crippen molar-refractivity contribution in [2.45, 2.75) is 5.41 Å². The van der Waals surface area contributed by atoms with E-state index in [1.807, 2.05) is 0 Å². The van der Waals surface area contributed by atoms with Gasteiger partial charge >= 0.3 is 0 Å². The fourth-order valence-electron chi connectivity index (χ4n) is 10.4. The normalized spacial score (nSPS) is 12.6. The van der Waals surface area contributed by atoms with Crippen molar-refractivity contribution in [3.63, 3.8) is 0 Å². The maximum atomic E-state index is 2.49. The van der Waals surface area contributed by atoms with E-state index >= 15 is 0 Å². The van der Waals surface area contributed by atoms with Gasteiger partial charge in [0.2, 0.25) is 0 Å². The molecule has 12 rings (SSSR count). The molecule has 0 unspecified atom stereocenters. The summed E-state index contributed by atoms with van der Waals surface area (Å²) >= 11 is 0. The predicted octanol–water partition coefficient (Wildman–Crippen LogP) is 16.4. The first kappa shape index (κ1) is 36.6. The third-order valence-corrected chi connectivity index (χ3v) is 13.0. The van der Waals surface area contributed by atoms with Gasteiger partial charge in [-0.25, -0.2) is 0 Å². The van der Waals surface area contributed by atoms with Gasteiger partial charge in [0.05, 0.1) is 5.41 Å². The van der Waals surface area contributed by atoms with E-state index in [1.165, 1.54) is 65.7 Å². The molecule has 63 heavy (non-hydrogen) atoms. The van der Waals surface area contributed by atoms with Gasteiger partial charge in [-0.1, -0.05) is 182 Å². The molecule has 0 aliphatic heterocycles. The van der Waals surface area contributed by atoms with Crippen LogP contribution in [0.15, 0.2) is 255 Å². The summed E-state index contributed by atoms with van der Waals surface area (Å²) in [6.07, 6.45) is 0. The summed E-state index contributed by atoms with van der Waals surface area (Å²) in [5.74, 6) is 0. The lowest BCUT2D eigenvalue weighted by Gasteiger charge is -2.36. The number of fused-ring (bicyclic) bond motifs is 9. The first-order valence-electron chi connectivity index (χ1n) is 21.8. The molecule has 0 radical (unpaired) electrons. The number of anilines is 6.